The van der Waals surface area contributed by atoms with Crippen LogP contribution in [0.25, 0.3) is 0 Å². The molecule has 0 aliphatic heterocycles. The van der Waals surface area contributed by atoms with Gasteiger partial charge in [0.25, 0.3) is 0 Å². The average Bonchev–Trinajstić information content (AvgIpc) is 2.81. The molecule has 1 aromatic rings. The molecule has 0 bridgehead atoms. The first-order chi connectivity index (χ1) is 15.5. The summed E-state index contributed by atoms with van der Waals surface area (Å²) in [6, 6.07) is 9.35. The normalized spacial score (nSPS) is 9.81. The van der Waals surface area contributed by atoms with Gasteiger partial charge < -0.3 is 14.2 Å². The Hall–Kier alpha value is -2.56. The Balaban J connectivity index is 0.000000618. The van der Waals surface area contributed by atoms with Gasteiger partial charge in [-0.3, -0.25) is 0 Å². The lowest BCUT2D eigenvalue weighted by molar-refractivity contribution is -0.139. The Morgan fingerprint density at radius 1 is 0.812 bits per heavy atom. The van der Waals surface area contributed by atoms with E-state index in [4.69, 9.17) is 14.2 Å². The van der Waals surface area contributed by atoms with Crippen LogP contribution in [-0.2, 0) is 19.1 Å². The number of carbonyl (C=O) groups excluding carboxylic acids is 2. The number of esters is 2. The molecule has 0 fully saturated rings. The lowest BCUT2D eigenvalue weighted by atomic mass is 10.1. The van der Waals surface area contributed by atoms with Crippen LogP contribution in [0.5, 0.6) is 5.75 Å². The van der Waals surface area contributed by atoms with Gasteiger partial charge in [-0.25, -0.2) is 9.59 Å². The molecule has 0 spiro atoms. The fourth-order valence-electron chi connectivity index (χ4n) is 2.75. The van der Waals surface area contributed by atoms with E-state index in [1.54, 1.807) is 6.92 Å². The standard InChI is InChI=1S/C16H30O2.C11H12O3/c1-4-5-6-7-8-9-10-11-12-13-14-18-16(17)15(2)3;1-2-11(12)14-9-8-13-10-6-4-3-5-7-10/h2,4-14H2,1,3H3;2-7H,1,8-9H2. The predicted molar refractivity (Wildman–Crippen MR) is 131 cm³/mol. The Bertz CT molecular complexity index is 624. The van der Waals surface area contributed by atoms with Crippen LogP contribution >= 0.6 is 0 Å². The van der Waals surface area contributed by atoms with E-state index in [9.17, 15) is 9.59 Å². The van der Waals surface area contributed by atoms with E-state index < -0.39 is 5.97 Å². The maximum absolute atomic E-state index is 11.1. The van der Waals surface area contributed by atoms with Crippen LogP contribution in [0.2, 0.25) is 0 Å². The van der Waals surface area contributed by atoms with Gasteiger partial charge in [0.1, 0.15) is 19.0 Å². The molecular weight excluding hydrogens is 404 g/mol. The minimum absolute atomic E-state index is 0.236. The highest BCUT2D eigenvalue weighted by molar-refractivity contribution is 5.86. The van der Waals surface area contributed by atoms with Gasteiger partial charge in [0.05, 0.1) is 6.61 Å². The van der Waals surface area contributed by atoms with Gasteiger partial charge in [0.15, 0.2) is 0 Å². The highest BCUT2D eigenvalue weighted by atomic mass is 16.6. The summed E-state index contributed by atoms with van der Waals surface area (Å²) in [6.07, 6.45) is 14.1. The molecule has 5 nitrogen and oxygen atoms in total. The summed E-state index contributed by atoms with van der Waals surface area (Å²) in [6.45, 7) is 11.9. The minimum Gasteiger partial charge on any atom is -0.490 e. The SMILES string of the molecule is C=C(C)C(=O)OCCCCCCCCCCCC.C=CC(=O)OCCOc1ccccc1. The van der Waals surface area contributed by atoms with Crippen LogP contribution in [0.4, 0.5) is 0 Å². The van der Waals surface area contributed by atoms with Crippen molar-refractivity contribution < 1.29 is 23.8 Å². The molecule has 5 heteroatoms. The Morgan fingerprint density at radius 2 is 1.38 bits per heavy atom. The molecule has 0 saturated carbocycles. The van der Waals surface area contributed by atoms with Crippen molar-refractivity contribution in [3.8, 4) is 5.75 Å². The molecule has 0 unspecified atom stereocenters. The van der Waals surface area contributed by atoms with E-state index in [2.05, 4.69) is 20.1 Å². The molecule has 0 aliphatic rings. The molecule has 0 amide bonds. The number of carbonyl (C=O) groups is 2. The second-order valence-electron chi connectivity index (χ2n) is 7.63. The van der Waals surface area contributed by atoms with Crippen LogP contribution in [0.1, 0.15) is 78.1 Å². The molecule has 0 heterocycles. The lowest BCUT2D eigenvalue weighted by Gasteiger charge is -2.05. The lowest BCUT2D eigenvalue weighted by Crippen LogP contribution is -2.09. The largest absolute Gasteiger partial charge is 0.490 e. The third-order valence-corrected chi connectivity index (χ3v) is 4.59. The molecule has 0 aliphatic carbocycles. The molecule has 0 N–H and O–H groups in total. The number of para-hydroxylation sites is 1. The summed E-state index contributed by atoms with van der Waals surface area (Å²) in [5, 5.41) is 0. The quantitative estimate of drug-likeness (QED) is 0.149. The molecule has 1 rings (SSSR count). The summed E-state index contributed by atoms with van der Waals surface area (Å²) in [5.41, 5.74) is 0.488. The van der Waals surface area contributed by atoms with Crippen molar-refractivity contribution in [2.24, 2.45) is 0 Å². The van der Waals surface area contributed by atoms with E-state index in [1.165, 1.54) is 57.8 Å². The molecule has 0 aromatic heterocycles. The van der Waals surface area contributed by atoms with Gasteiger partial charge in [0.2, 0.25) is 0 Å². The Kier molecular flexibility index (Phi) is 19.9. The van der Waals surface area contributed by atoms with Gasteiger partial charge in [-0.05, 0) is 25.5 Å². The summed E-state index contributed by atoms with van der Waals surface area (Å²) in [5.74, 6) is 0.0785. The van der Waals surface area contributed by atoms with Gasteiger partial charge >= 0.3 is 11.9 Å². The zero-order valence-electron chi connectivity index (χ0n) is 20.1. The first kappa shape index (κ1) is 29.4. The summed E-state index contributed by atoms with van der Waals surface area (Å²) >= 11 is 0. The van der Waals surface area contributed by atoms with E-state index >= 15 is 0 Å². The maximum atomic E-state index is 11.1. The first-order valence-electron chi connectivity index (χ1n) is 11.8. The zero-order valence-corrected chi connectivity index (χ0v) is 20.1. The second-order valence-corrected chi connectivity index (χ2v) is 7.63. The molecule has 0 radical (unpaired) electrons. The fraction of sp³-hybridized carbons (Fsp3) is 0.556. The van der Waals surface area contributed by atoms with Gasteiger partial charge in [-0.15, -0.1) is 0 Å². The van der Waals surface area contributed by atoms with Crippen molar-refractivity contribution in [2.45, 2.75) is 78.1 Å². The van der Waals surface area contributed by atoms with Gasteiger partial charge in [-0.1, -0.05) is 96.1 Å². The first-order valence-corrected chi connectivity index (χ1v) is 11.8. The van der Waals surface area contributed by atoms with Crippen LogP contribution < -0.4 is 4.74 Å². The molecule has 1 aromatic carbocycles. The summed E-state index contributed by atoms with van der Waals surface area (Å²) < 4.78 is 15.1. The van der Waals surface area contributed by atoms with Crippen molar-refractivity contribution in [1.29, 1.82) is 0 Å². The molecular formula is C27H42O5. The van der Waals surface area contributed by atoms with Gasteiger partial charge in [0, 0.05) is 11.6 Å². The topological polar surface area (TPSA) is 61.8 Å². The minimum atomic E-state index is -0.429. The zero-order chi connectivity index (χ0) is 23.9. The Labute approximate surface area is 194 Å². The van der Waals surface area contributed by atoms with Crippen molar-refractivity contribution in [1.82, 2.24) is 0 Å². The van der Waals surface area contributed by atoms with E-state index in [0.717, 1.165) is 18.2 Å². The highest BCUT2D eigenvalue weighted by Gasteiger charge is 2.01. The molecule has 0 saturated heterocycles. The van der Waals surface area contributed by atoms with Crippen molar-refractivity contribution >= 4 is 11.9 Å². The van der Waals surface area contributed by atoms with Gasteiger partial charge in [-0.2, -0.15) is 0 Å². The fourth-order valence-corrected chi connectivity index (χ4v) is 2.75. The third-order valence-electron chi connectivity index (χ3n) is 4.59. The van der Waals surface area contributed by atoms with Crippen molar-refractivity contribution in [3.05, 3.63) is 55.1 Å². The van der Waals surface area contributed by atoms with Crippen molar-refractivity contribution in [3.63, 3.8) is 0 Å². The van der Waals surface area contributed by atoms with E-state index in [0.29, 0.717) is 18.8 Å². The average molecular weight is 447 g/mol. The number of hydrogen-bond acceptors (Lipinski definition) is 5. The number of hydrogen-bond donors (Lipinski definition) is 0. The van der Waals surface area contributed by atoms with E-state index in [1.807, 2.05) is 30.3 Å². The molecule has 32 heavy (non-hydrogen) atoms. The van der Waals surface area contributed by atoms with Crippen LogP contribution in [-0.4, -0.2) is 31.8 Å². The van der Waals surface area contributed by atoms with Crippen molar-refractivity contribution in [2.75, 3.05) is 19.8 Å². The third kappa shape index (κ3) is 19.4. The number of benzene rings is 1. The second kappa shape index (κ2) is 21.7. The van der Waals surface area contributed by atoms with Crippen LogP contribution in [0, 0.1) is 0 Å². The summed E-state index contributed by atoms with van der Waals surface area (Å²) in [4.78, 5) is 21.7. The van der Waals surface area contributed by atoms with Crippen LogP contribution in [0.15, 0.2) is 55.1 Å². The Morgan fingerprint density at radius 3 is 1.91 bits per heavy atom. The predicted octanol–water partition coefficient (Wildman–Crippen LogP) is 6.82. The van der Waals surface area contributed by atoms with Crippen LogP contribution in [0.3, 0.4) is 0 Å². The number of unbranched alkanes of at least 4 members (excludes halogenated alkanes) is 9. The monoisotopic (exact) mass is 446 g/mol. The summed E-state index contributed by atoms with van der Waals surface area (Å²) in [7, 11) is 0. The molecule has 0 atom stereocenters. The van der Waals surface area contributed by atoms with E-state index in [-0.39, 0.29) is 12.6 Å². The molecule has 180 valence electrons. The number of ether oxygens (including phenoxy) is 3. The smallest absolute Gasteiger partial charge is 0.333 e. The highest BCUT2D eigenvalue weighted by Crippen LogP contribution is 2.10. The number of rotatable bonds is 17. The maximum Gasteiger partial charge on any atom is 0.333 e.